The largest absolute Gasteiger partial charge is 0.323 e. The molecule has 0 radical (unpaired) electrons. The van der Waals surface area contributed by atoms with E-state index < -0.39 is 0 Å². The highest BCUT2D eigenvalue weighted by Crippen LogP contribution is 2.33. The van der Waals surface area contributed by atoms with E-state index in [1.54, 1.807) is 0 Å². The normalized spacial score (nSPS) is 25.4. The average molecular weight is 223 g/mol. The van der Waals surface area contributed by atoms with Crippen LogP contribution in [0.25, 0.3) is 0 Å². The van der Waals surface area contributed by atoms with Crippen LogP contribution in [0.2, 0.25) is 0 Å². The van der Waals surface area contributed by atoms with Crippen molar-refractivity contribution in [3.05, 3.63) is 0 Å². The summed E-state index contributed by atoms with van der Waals surface area (Å²) in [6, 6.07) is -0.0584. The van der Waals surface area contributed by atoms with E-state index in [0.29, 0.717) is 17.7 Å². The molecule has 1 saturated heterocycles. The molecule has 1 saturated carbocycles. The van der Waals surface area contributed by atoms with Crippen molar-refractivity contribution < 1.29 is 4.79 Å². The number of nitrogens with zero attached hydrogens (tertiary/aromatic N) is 1. The van der Waals surface area contributed by atoms with Gasteiger partial charge in [-0.05, 0) is 24.7 Å². The third-order valence-electron chi connectivity index (χ3n) is 3.78. The summed E-state index contributed by atoms with van der Waals surface area (Å²) in [5.41, 5.74) is 0. The molecule has 0 aromatic rings. The summed E-state index contributed by atoms with van der Waals surface area (Å²) in [5.74, 6) is 1.51. The molecule has 1 aliphatic carbocycles. The van der Waals surface area contributed by atoms with Gasteiger partial charge in [0.1, 0.15) is 5.84 Å². The van der Waals surface area contributed by atoms with Gasteiger partial charge in [0.25, 0.3) is 0 Å². The maximum atomic E-state index is 11.8. The predicted molar refractivity (Wildman–Crippen MR) is 63.5 cm³/mol. The fourth-order valence-electron chi connectivity index (χ4n) is 2.54. The van der Waals surface area contributed by atoms with Crippen LogP contribution in [0.15, 0.2) is 0 Å². The molecule has 0 spiro atoms. The Bertz CT molecular complexity index is 295. The van der Waals surface area contributed by atoms with Crippen LogP contribution in [-0.2, 0) is 0 Å². The number of hydrogen-bond acceptors (Lipinski definition) is 2. The van der Waals surface area contributed by atoms with Crippen molar-refractivity contribution in [1.29, 1.82) is 5.41 Å². The lowest BCUT2D eigenvalue weighted by atomic mass is 9.93. The van der Waals surface area contributed by atoms with Gasteiger partial charge in [-0.15, -0.1) is 0 Å². The maximum absolute atomic E-state index is 11.8. The Morgan fingerprint density at radius 2 is 2.06 bits per heavy atom. The number of amides is 2. The van der Waals surface area contributed by atoms with Crippen LogP contribution in [0.5, 0.6) is 0 Å². The SMILES string of the molecule is CCC(CC)C1C(=N)NC(=O)N1CC1CC1. The minimum absolute atomic E-state index is 0.00287. The highest BCUT2D eigenvalue weighted by atomic mass is 16.2. The first-order valence-corrected chi connectivity index (χ1v) is 6.33. The van der Waals surface area contributed by atoms with Gasteiger partial charge in [0.2, 0.25) is 0 Å². The smallest absolute Gasteiger partial charge is 0.314 e. The topological polar surface area (TPSA) is 56.2 Å². The lowest BCUT2D eigenvalue weighted by Gasteiger charge is -2.28. The van der Waals surface area contributed by atoms with Crippen LogP contribution >= 0.6 is 0 Å². The molecule has 1 atom stereocenters. The van der Waals surface area contributed by atoms with Crippen molar-refractivity contribution in [3.63, 3.8) is 0 Å². The fourth-order valence-corrected chi connectivity index (χ4v) is 2.54. The van der Waals surface area contributed by atoms with Crippen molar-refractivity contribution in [1.82, 2.24) is 10.2 Å². The Morgan fingerprint density at radius 3 is 2.56 bits per heavy atom. The molecule has 4 nitrogen and oxygen atoms in total. The van der Waals surface area contributed by atoms with Crippen molar-refractivity contribution >= 4 is 11.9 Å². The van der Waals surface area contributed by atoms with Gasteiger partial charge in [0, 0.05) is 6.54 Å². The number of carbonyl (C=O) groups is 1. The summed E-state index contributed by atoms with van der Waals surface area (Å²) >= 11 is 0. The van der Waals surface area contributed by atoms with Crippen molar-refractivity contribution in [2.24, 2.45) is 11.8 Å². The van der Waals surface area contributed by atoms with E-state index in [4.69, 9.17) is 5.41 Å². The molecule has 4 heteroatoms. The molecule has 0 bridgehead atoms. The lowest BCUT2D eigenvalue weighted by Crippen LogP contribution is -2.41. The van der Waals surface area contributed by atoms with E-state index in [9.17, 15) is 4.79 Å². The molecule has 2 aliphatic rings. The van der Waals surface area contributed by atoms with Crippen LogP contribution in [0, 0.1) is 17.2 Å². The monoisotopic (exact) mass is 223 g/mol. The third kappa shape index (κ3) is 2.06. The molecule has 2 fully saturated rings. The van der Waals surface area contributed by atoms with Gasteiger partial charge in [-0.2, -0.15) is 0 Å². The molecule has 16 heavy (non-hydrogen) atoms. The molecule has 1 heterocycles. The predicted octanol–water partition coefficient (Wildman–Crippen LogP) is 2.20. The van der Waals surface area contributed by atoms with Crippen LogP contribution in [0.4, 0.5) is 4.79 Å². The van der Waals surface area contributed by atoms with E-state index in [-0.39, 0.29) is 12.1 Å². The summed E-state index contributed by atoms with van der Waals surface area (Å²) in [7, 11) is 0. The van der Waals surface area contributed by atoms with E-state index in [1.165, 1.54) is 12.8 Å². The number of rotatable bonds is 5. The number of hydrogen-bond donors (Lipinski definition) is 2. The van der Waals surface area contributed by atoms with Gasteiger partial charge in [-0.25, -0.2) is 4.79 Å². The summed E-state index contributed by atoms with van der Waals surface area (Å²) in [5, 5.41) is 10.6. The zero-order valence-corrected chi connectivity index (χ0v) is 10.1. The van der Waals surface area contributed by atoms with Gasteiger partial charge in [0.05, 0.1) is 6.04 Å². The average Bonchev–Trinajstić information content (AvgIpc) is 3.02. The Hall–Kier alpha value is -1.06. The Kier molecular flexibility index (Phi) is 3.17. The molecular weight excluding hydrogens is 202 g/mol. The maximum Gasteiger partial charge on any atom is 0.323 e. The molecule has 0 aromatic heterocycles. The first-order valence-electron chi connectivity index (χ1n) is 6.33. The van der Waals surface area contributed by atoms with E-state index in [0.717, 1.165) is 19.4 Å². The van der Waals surface area contributed by atoms with Gasteiger partial charge < -0.3 is 4.90 Å². The number of carbonyl (C=O) groups excluding carboxylic acids is 1. The second-order valence-corrected chi connectivity index (χ2v) is 4.96. The van der Waals surface area contributed by atoms with E-state index in [2.05, 4.69) is 19.2 Å². The molecule has 2 amide bonds. The second kappa shape index (κ2) is 4.44. The van der Waals surface area contributed by atoms with Crippen molar-refractivity contribution in [2.75, 3.05) is 6.54 Å². The molecule has 0 aromatic carbocycles. The quantitative estimate of drug-likeness (QED) is 0.737. The standard InChI is InChI=1S/C12H21N3O/c1-3-9(4-2)10-11(13)14-12(16)15(10)7-8-5-6-8/h8-10H,3-7H2,1-2H3,(H2,13,14,16). The Balaban J connectivity index is 2.10. The molecule has 1 aliphatic heterocycles. The summed E-state index contributed by atoms with van der Waals surface area (Å²) in [6.07, 6.45) is 4.54. The fraction of sp³-hybridized carbons (Fsp3) is 0.833. The highest BCUT2D eigenvalue weighted by molar-refractivity contribution is 6.05. The number of urea groups is 1. The summed E-state index contributed by atoms with van der Waals surface area (Å²) < 4.78 is 0. The van der Waals surface area contributed by atoms with Crippen molar-refractivity contribution in [3.8, 4) is 0 Å². The lowest BCUT2D eigenvalue weighted by molar-refractivity contribution is 0.184. The summed E-state index contributed by atoms with van der Waals surface area (Å²) in [4.78, 5) is 13.7. The van der Waals surface area contributed by atoms with Crippen LogP contribution in [-0.4, -0.2) is 29.4 Å². The van der Waals surface area contributed by atoms with Gasteiger partial charge in [-0.3, -0.25) is 10.7 Å². The Labute approximate surface area is 96.9 Å². The van der Waals surface area contributed by atoms with Gasteiger partial charge in [-0.1, -0.05) is 26.7 Å². The second-order valence-electron chi connectivity index (χ2n) is 4.96. The van der Waals surface area contributed by atoms with E-state index >= 15 is 0 Å². The zero-order chi connectivity index (χ0) is 11.7. The minimum Gasteiger partial charge on any atom is -0.314 e. The Morgan fingerprint density at radius 1 is 1.44 bits per heavy atom. The zero-order valence-electron chi connectivity index (χ0n) is 10.1. The van der Waals surface area contributed by atoms with Gasteiger partial charge in [0.15, 0.2) is 0 Å². The summed E-state index contributed by atoms with van der Waals surface area (Å²) in [6.45, 7) is 5.12. The molecule has 2 rings (SSSR count). The van der Waals surface area contributed by atoms with Crippen LogP contribution in [0.1, 0.15) is 39.5 Å². The van der Waals surface area contributed by atoms with Crippen LogP contribution < -0.4 is 5.32 Å². The first kappa shape index (κ1) is 11.4. The van der Waals surface area contributed by atoms with Crippen molar-refractivity contribution in [2.45, 2.75) is 45.6 Å². The molecule has 1 unspecified atom stereocenters. The number of amidine groups is 1. The minimum atomic E-state index is -0.0613. The molecule has 2 N–H and O–H groups in total. The third-order valence-corrected chi connectivity index (χ3v) is 3.78. The molecular formula is C12H21N3O. The van der Waals surface area contributed by atoms with Crippen LogP contribution in [0.3, 0.4) is 0 Å². The highest BCUT2D eigenvalue weighted by Gasteiger charge is 2.41. The van der Waals surface area contributed by atoms with E-state index in [1.807, 2.05) is 4.90 Å². The van der Waals surface area contributed by atoms with Gasteiger partial charge >= 0.3 is 6.03 Å². The first-order chi connectivity index (χ1) is 7.67. The molecule has 90 valence electrons. The number of nitrogens with one attached hydrogen (secondary N) is 2.